The molecular formula is C23H24F3N7O2. The molecule has 12 heteroatoms. The number of carbonyl (C=O) groups is 2. The quantitative estimate of drug-likeness (QED) is 0.564. The van der Waals surface area contributed by atoms with Gasteiger partial charge in [-0.25, -0.2) is 0 Å². The van der Waals surface area contributed by atoms with E-state index in [9.17, 15) is 22.8 Å². The fraction of sp³-hybridized carbons (Fsp3) is 0.435. The molecule has 0 bridgehead atoms. The number of piperazine rings is 1. The number of nitrogens with zero attached hydrogens (tertiary/aromatic N) is 7. The number of hydrogen-bond donors (Lipinski definition) is 0. The Morgan fingerprint density at radius 2 is 1.51 bits per heavy atom. The molecule has 2 aliphatic rings. The predicted octanol–water partition coefficient (Wildman–Crippen LogP) is 2.34. The van der Waals surface area contributed by atoms with Gasteiger partial charge in [-0.15, -0.1) is 15.3 Å². The Morgan fingerprint density at radius 1 is 0.857 bits per heavy atom. The van der Waals surface area contributed by atoms with Crippen LogP contribution in [0.1, 0.15) is 28.8 Å². The first kappa shape index (κ1) is 23.1. The van der Waals surface area contributed by atoms with Gasteiger partial charge >= 0.3 is 6.18 Å². The second-order valence-electron chi connectivity index (χ2n) is 8.78. The van der Waals surface area contributed by atoms with Crippen LogP contribution in [0.3, 0.4) is 0 Å². The summed E-state index contributed by atoms with van der Waals surface area (Å²) < 4.78 is 39.9. The second-order valence-corrected chi connectivity index (χ2v) is 8.78. The third-order valence-corrected chi connectivity index (χ3v) is 6.65. The number of anilines is 1. The summed E-state index contributed by atoms with van der Waals surface area (Å²) in [6.45, 7) is 2.96. The third kappa shape index (κ3) is 4.77. The maximum absolute atomic E-state index is 13.1. The second kappa shape index (κ2) is 9.16. The van der Waals surface area contributed by atoms with Crippen molar-refractivity contribution in [2.24, 2.45) is 5.92 Å². The van der Waals surface area contributed by atoms with Gasteiger partial charge in [0.05, 0.1) is 5.56 Å². The highest BCUT2D eigenvalue weighted by Crippen LogP contribution is 2.29. The molecular weight excluding hydrogens is 463 g/mol. The normalized spacial score (nSPS) is 17.7. The molecule has 0 spiro atoms. The lowest BCUT2D eigenvalue weighted by Gasteiger charge is -2.38. The highest BCUT2D eigenvalue weighted by atomic mass is 19.4. The van der Waals surface area contributed by atoms with Crippen LogP contribution < -0.4 is 4.90 Å². The fourth-order valence-corrected chi connectivity index (χ4v) is 4.62. The molecule has 2 saturated heterocycles. The molecule has 0 aliphatic carbocycles. The summed E-state index contributed by atoms with van der Waals surface area (Å²) in [4.78, 5) is 31.3. The Morgan fingerprint density at radius 3 is 2.17 bits per heavy atom. The first-order chi connectivity index (χ1) is 16.8. The third-order valence-electron chi connectivity index (χ3n) is 6.65. The minimum Gasteiger partial charge on any atom is -0.355 e. The van der Waals surface area contributed by atoms with Crippen molar-refractivity contribution in [3.05, 3.63) is 53.9 Å². The van der Waals surface area contributed by atoms with Crippen LogP contribution in [0.4, 0.5) is 19.0 Å². The summed E-state index contributed by atoms with van der Waals surface area (Å²) in [5.74, 6) is 0.505. The Balaban J connectivity index is 1.12. The van der Waals surface area contributed by atoms with Crippen LogP contribution in [0.15, 0.2) is 42.7 Å². The van der Waals surface area contributed by atoms with Crippen molar-refractivity contribution in [1.82, 2.24) is 29.6 Å². The molecule has 2 fully saturated rings. The highest BCUT2D eigenvalue weighted by molar-refractivity contribution is 5.94. The minimum atomic E-state index is -4.44. The zero-order chi connectivity index (χ0) is 24.6. The monoisotopic (exact) mass is 487 g/mol. The van der Waals surface area contributed by atoms with Crippen molar-refractivity contribution in [3.8, 4) is 0 Å². The lowest BCUT2D eigenvalue weighted by atomic mass is 9.95. The molecule has 35 heavy (non-hydrogen) atoms. The van der Waals surface area contributed by atoms with Gasteiger partial charge in [-0.2, -0.15) is 17.7 Å². The SMILES string of the molecule is O=C(c1ccc(C(F)(F)F)cc1)N1CCN(C(=O)C2CCN(c3ccc4nncn4n3)CC2)CC1. The lowest BCUT2D eigenvalue weighted by Crippen LogP contribution is -2.53. The largest absolute Gasteiger partial charge is 0.416 e. The molecule has 184 valence electrons. The smallest absolute Gasteiger partial charge is 0.355 e. The van der Waals surface area contributed by atoms with E-state index in [4.69, 9.17) is 0 Å². The van der Waals surface area contributed by atoms with Gasteiger partial charge in [-0.3, -0.25) is 9.59 Å². The Labute approximate surface area is 199 Å². The van der Waals surface area contributed by atoms with E-state index in [2.05, 4.69) is 20.2 Å². The molecule has 0 saturated carbocycles. The summed E-state index contributed by atoms with van der Waals surface area (Å²) in [5, 5.41) is 12.3. The summed E-state index contributed by atoms with van der Waals surface area (Å²) in [6, 6.07) is 7.99. The summed E-state index contributed by atoms with van der Waals surface area (Å²) in [7, 11) is 0. The fourth-order valence-electron chi connectivity index (χ4n) is 4.62. The van der Waals surface area contributed by atoms with Crippen LogP contribution in [0.5, 0.6) is 0 Å². The van der Waals surface area contributed by atoms with E-state index in [1.54, 1.807) is 20.6 Å². The van der Waals surface area contributed by atoms with Gasteiger partial charge in [0, 0.05) is 50.7 Å². The first-order valence-electron chi connectivity index (χ1n) is 11.5. The summed E-state index contributed by atoms with van der Waals surface area (Å²) in [6.07, 6.45) is -1.46. The van der Waals surface area contributed by atoms with Crippen molar-refractivity contribution >= 4 is 23.3 Å². The van der Waals surface area contributed by atoms with Gasteiger partial charge in [0.25, 0.3) is 5.91 Å². The van der Waals surface area contributed by atoms with Crippen LogP contribution in [-0.4, -0.2) is 80.7 Å². The molecule has 3 aromatic rings. The number of benzene rings is 1. The van der Waals surface area contributed by atoms with E-state index in [1.807, 2.05) is 12.1 Å². The number of halogens is 3. The van der Waals surface area contributed by atoms with E-state index in [0.29, 0.717) is 57.8 Å². The zero-order valence-corrected chi connectivity index (χ0v) is 18.9. The number of rotatable bonds is 3. The highest BCUT2D eigenvalue weighted by Gasteiger charge is 2.33. The van der Waals surface area contributed by atoms with Crippen molar-refractivity contribution in [3.63, 3.8) is 0 Å². The van der Waals surface area contributed by atoms with Crippen LogP contribution in [0.25, 0.3) is 5.65 Å². The number of alkyl halides is 3. The van der Waals surface area contributed by atoms with Gasteiger partial charge in [0.15, 0.2) is 5.65 Å². The van der Waals surface area contributed by atoms with E-state index >= 15 is 0 Å². The topological polar surface area (TPSA) is 86.9 Å². The van der Waals surface area contributed by atoms with Crippen molar-refractivity contribution in [2.75, 3.05) is 44.2 Å². The molecule has 0 radical (unpaired) electrons. The van der Waals surface area contributed by atoms with Gasteiger partial charge in [-0.05, 0) is 49.2 Å². The van der Waals surface area contributed by atoms with Gasteiger partial charge < -0.3 is 14.7 Å². The van der Waals surface area contributed by atoms with Crippen molar-refractivity contribution in [2.45, 2.75) is 19.0 Å². The van der Waals surface area contributed by atoms with Crippen LogP contribution in [-0.2, 0) is 11.0 Å². The molecule has 1 aromatic carbocycles. The number of aromatic nitrogens is 4. The van der Waals surface area contributed by atoms with E-state index in [1.165, 1.54) is 12.1 Å². The maximum Gasteiger partial charge on any atom is 0.416 e. The molecule has 0 unspecified atom stereocenters. The number of piperidine rings is 1. The predicted molar refractivity (Wildman–Crippen MR) is 120 cm³/mol. The average Bonchev–Trinajstić information content (AvgIpc) is 3.36. The molecule has 2 amide bonds. The molecule has 2 aromatic heterocycles. The van der Waals surface area contributed by atoms with Gasteiger partial charge in [-0.1, -0.05) is 0 Å². The number of hydrogen-bond acceptors (Lipinski definition) is 6. The molecule has 5 rings (SSSR count). The van der Waals surface area contributed by atoms with E-state index < -0.39 is 11.7 Å². The van der Waals surface area contributed by atoms with Crippen LogP contribution in [0.2, 0.25) is 0 Å². The molecule has 2 aliphatic heterocycles. The van der Waals surface area contributed by atoms with Crippen molar-refractivity contribution < 1.29 is 22.8 Å². The number of amides is 2. The summed E-state index contributed by atoms with van der Waals surface area (Å²) in [5.41, 5.74) is 0.101. The first-order valence-corrected chi connectivity index (χ1v) is 11.5. The molecule has 4 heterocycles. The number of fused-ring (bicyclic) bond motifs is 1. The number of carbonyl (C=O) groups excluding carboxylic acids is 2. The average molecular weight is 487 g/mol. The van der Waals surface area contributed by atoms with E-state index in [0.717, 1.165) is 18.0 Å². The van der Waals surface area contributed by atoms with Crippen LogP contribution in [0, 0.1) is 5.92 Å². The maximum atomic E-state index is 13.1. The molecule has 0 N–H and O–H groups in total. The summed E-state index contributed by atoms with van der Waals surface area (Å²) >= 11 is 0. The Bertz CT molecular complexity index is 1210. The molecule has 9 nitrogen and oxygen atoms in total. The Hall–Kier alpha value is -3.70. The minimum absolute atomic E-state index is 0.0814. The Kier molecular flexibility index (Phi) is 6.03. The zero-order valence-electron chi connectivity index (χ0n) is 18.9. The van der Waals surface area contributed by atoms with Crippen LogP contribution >= 0.6 is 0 Å². The van der Waals surface area contributed by atoms with Gasteiger partial charge in [0.2, 0.25) is 5.91 Å². The molecule has 0 atom stereocenters. The van der Waals surface area contributed by atoms with Gasteiger partial charge in [0.1, 0.15) is 12.1 Å². The van der Waals surface area contributed by atoms with E-state index in [-0.39, 0.29) is 23.3 Å². The standard InChI is InChI=1S/C23H24F3N7O2/c24-23(25,26)18-3-1-16(2-4-18)21(34)31-11-13-32(14-12-31)22(35)17-7-9-30(10-8-17)20-6-5-19-28-27-15-33(19)29-20/h1-6,15,17H,7-14H2. The van der Waals surface area contributed by atoms with Crippen molar-refractivity contribution in [1.29, 1.82) is 0 Å². The lowest BCUT2D eigenvalue weighted by molar-refractivity contribution is -0.138.